The van der Waals surface area contributed by atoms with Gasteiger partial charge in [-0.3, -0.25) is 0 Å². The molecule has 0 heterocycles. The quantitative estimate of drug-likeness (QED) is 0.405. The van der Waals surface area contributed by atoms with Crippen molar-refractivity contribution >= 4 is 0 Å². The Labute approximate surface area is 50.1 Å². The van der Waals surface area contributed by atoms with Gasteiger partial charge in [-0.1, -0.05) is 6.58 Å². The molecule has 0 aromatic heterocycles. The number of ether oxygens (including phenoxy) is 2. The van der Waals surface area contributed by atoms with Gasteiger partial charge in [0.25, 0.3) is 0 Å². The molecule has 0 unspecified atom stereocenters. The van der Waals surface area contributed by atoms with E-state index in [0.29, 0.717) is 13.2 Å². The smallest absolute Gasteiger partial charge is 0.111 e. The molecule has 0 aliphatic rings. The summed E-state index contributed by atoms with van der Waals surface area (Å²) in [6.07, 6.45) is 0. The van der Waals surface area contributed by atoms with E-state index in [1.807, 2.05) is 6.92 Å². The minimum absolute atomic E-state index is 0.603. The van der Waals surface area contributed by atoms with Gasteiger partial charge >= 0.3 is 0 Å². The number of allylic oxidation sites excluding steroid dienone is 1. The summed E-state index contributed by atoms with van der Waals surface area (Å²) in [7, 11) is 1.64. The Morgan fingerprint density at radius 2 is 2.12 bits per heavy atom. The molecule has 48 valence electrons. The highest BCUT2D eigenvalue weighted by atomic mass is 16.5. The van der Waals surface area contributed by atoms with Gasteiger partial charge in [-0.2, -0.15) is 0 Å². The number of methoxy groups -OCH3 is 1. The molecule has 0 amide bonds. The molecule has 0 aromatic carbocycles. The summed E-state index contributed by atoms with van der Waals surface area (Å²) < 4.78 is 9.69. The monoisotopic (exact) mass is 116 g/mol. The Hall–Kier alpha value is -0.500. The van der Waals surface area contributed by atoms with Gasteiger partial charge in [0.05, 0.1) is 12.4 Å². The highest BCUT2D eigenvalue weighted by Crippen LogP contribution is 1.87. The second-order valence-corrected chi connectivity index (χ2v) is 1.54. The van der Waals surface area contributed by atoms with E-state index in [0.717, 1.165) is 5.76 Å². The Balaban J connectivity index is 2.82. The molecule has 0 aromatic rings. The van der Waals surface area contributed by atoms with Crippen LogP contribution in [-0.2, 0) is 9.47 Å². The first-order valence-corrected chi connectivity index (χ1v) is 2.54. The molecule has 0 bridgehead atoms. The second-order valence-electron chi connectivity index (χ2n) is 1.54. The molecule has 0 N–H and O–H groups in total. The van der Waals surface area contributed by atoms with Gasteiger partial charge in [-0.15, -0.1) is 0 Å². The average molecular weight is 116 g/mol. The van der Waals surface area contributed by atoms with E-state index >= 15 is 0 Å². The highest BCUT2D eigenvalue weighted by Gasteiger charge is 1.82. The largest absolute Gasteiger partial charge is 0.496 e. The SMILES string of the molecule is C=C(C)OCCOC. The average Bonchev–Trinajstić information content (AvgIpc) is 1.66. The van der Waals surface area contributed by atoms with E-state index in [9.17, 15) is 0 Å². The molecule has 0 atom stereocenters. The van der Waals surface area contributed by atoms with E-state index in [-0.39, 0.29) is 0 Å². The molecule has 0 spiro atoms. The Kier molecular flexibility index (Phi) is 4.36. The van der Waals surface area contributed by atoms with Crippen molar-refractivity contribution < 1.29 is 9.47 Å². The summed E-state index contributed by atoms with van der Waals surface area (Å²) in [4.78, 5) is 0. The van der Waals surface area contributed by atoms with Gasteiger partial charge in [-0.25, -0.2) is 0 Å². The van der Waals surface area contributed by atoms with Gasteiger partial charge < -0.3 is 9.47 Å². The van der Waals surface area contributed by atoms with E-state index in [1.165, 1.54) is 0 Å². The number of hydrogen-bond acceptors (Lipinski definition) is 2. The molecule has 0 aliphatic heterocycles. The molecule has 0 rings (SSSR count). The Bertz CT molecular complexity index is 68.9. The van der Waals surface area contributed by atoms with Crippen molar-refractivity contribution in [1.29, 1.82) is 0 Å². The van der Waals surface area contributed by atoms with Gasteiger partial charge in [0.1, 0.15) is 6.61 Å². The Morgan fingerprint density at radius 1 is 1.50 bits per heavy atom. The third-order valence-electron chi connectivity index (χ3n) is 0.636. The topological polar surface area (TPSA) is 18.5 Å². The van der Waals surface area contributed by atoms with E-state index in [1.54, 1.807) is 7.11 Å². The zero-order valence-electron chi connectivity index (χ0n) is 5.44. The third-order valence-corrected chi connectivity index (χ3v) is 0.636. The van der Waals surface area contributed by atoms with Crippen molar-refractivity contribution in [1.82, 2.24) is 0 Å². The van der Waals surface area contributed by atoms with E-state index in [2.05, 4.69) is 6.58 Å². The maximum absolute atomic E-state index is 4.96. The van der Waals surface area contributed by atoms with Crippen LogP contribution in [-0.4, -0.2) is 20.3 Å². The van der Waals surface area contributed by atoms with Crippen molar-refractivity contribution in [2.45, 2.75) is 6.92 Å². The lowest BCUT2D eigenvalue weighted by atomic mass is 10.6. The third kappa shape index (κ3) is 5.50. The number of hydrogen-bond donors (Lipinski definition) is 0. The maximum atomic E-state index is 4.96. The molecule has 0 radical (unpaired) electrons. The molecule has 8 heavy (non-hydrogen) atoms. The highest BCUT2D eigenvalue weighted by molar-refractivity contribution is 4.72. The molecule has 0 aliphatic carbocycles. The second kappa shape index (κ2) is 4.65. The fourth-order valence-corrected chi connectivity index (χ4v) is 0.299. The summed E-state index contributed by atoms with van der Waals surface area (Å²) >= 11 is 0. The minimum atomic E-state index is 0.603. The standard InChI is InChI=1S/C6H12O2/c1-6(2)8-5-4-7-3/h1,4-5H2,2-3H3. The molecule has 0 saturated carbocycles. The van der Waals surface area contributed by atoms with E-state index < -0.39 is 0 Å². The fraction of sp³-hybridized carbons (Fsp3) is 0.667. The lowest BCUT2D eigenvalue weighted by molar-refractivity contribution is 0.111. The van der Waals surface area contributed by atoms with Crippen molar-refractivity contribution in [2.24, 2.45) is 0 Å². The van der Waals surface area contributed by atoms with Gasteiger partial charge in [0.2, 0.25) is 0 Å². The molecular weight excluding hydrogens is 104 g/mol. The van der Waals surface area contributed by atoms with Crippen LogP contribution in [0.4, 0.5) is 0 Å². The number of rotatable bonds is 4. The first-order chi connectivity index (χ1) is 3.77. The summed E-state index contributed by atoms with van der Waals surface area (Å²) in [6, 6.07) is 0. The van der Waals surface area contributed by atoms with Gasteiger partial charge in [0, 0.05) is 7.11 Å². The predicted molar refractivity (Wildman–Crippen MR) is 32.6 cm³/mol. The zero-order valence-corrected chi connectivity index (χ0v) is 5.44. The maximum Gasteiger partial charge on any atom is 0.111 e. The van der Waals surface area contributed by atoms with Crippen LogP contribution in [0.1, 0.15) is 6.92 Å². The van der Waals surface area contributed by atoms with Gasteiger partial charge in [-0.05, 0) is 6.92 Å². The van der Waals surface area contributed by atoms with Crippen LogP contribution in [0.25, 0.3) is 0 Å². The van der Waals surface area contributed by atoms with Crippen molar-refractivity contribution in [2.75, 3.05) is 20.3 Å². The van der Waals surface area contributed by atoms with Crippen LogP contribution in [0.3, 0.4) is 0 Å². The molecular formula is C6H12O2. The molecule has 2 heteroatoms. The fourth-order valence-electron chi connectivity index (χ4n) is 0.299. The summed E-state index contributed by atoms with van der Waals surface area (Å²) in [5, 5.41) is 0. The minimum Gasteiger partial charge on any atom is -0.496 e. The first kappa shape index (κ1) is 7.50. The van der Waals surface area contributed by atoms with Crippen LogP contribution in [0.2, 0.25) is 0 Å². The Morgan fingerprint density at radius 3 is 2.50 bits per heavy atom. The summed E-state index contributed by atoms with van der Waals surface area (Å²) in [6.45, 7) is 6.60. The van der Waals surface area contributed by atoms with Gasteiger partial charge in [0.15, 0.2) is 0 Å². The zero-order chi connectivity index (χ0) is 6.41. The molecule has 0 saturated heterocycles. The van der Waals surface area contributed by atoms with Crippen LogP contribution >= 0.6 is 0 Å². The predicted octanol–water partition coefficient (Wildman–Crippen LogP) is 1.18. The summed E-state index contributed by atoms with van der Waals surface area (Å²) in [5.41, 5.74) is 0. The first-order valence-electron chi connectivity index (χ1n) is 2.54. The summed E-state index contributed by atoms with van der Waals surface area (Å²) in [5.74, 6) is 0.738. The van der Waals surface area contributed by atoms with Crippen LogP contribution < -0.4 is 0 Å². The van der Waals surface area contributed by atoms with E-state index in [4.69, 9.17) is 9.47 Å². The normalized spacial score (nSPS) is 8.75. The van der Waals surface area contributed by atoms with Crippen molar-refractivity contribution in [3.8, 4) is 0 Å². The van der Waals surface area contributed by atoms with Crippen LogP contribution in [0, 0.1) is 0 Å². The molecule has 0 fully saturated rings. The van der Waals surface area contributed by atoms with Crippen LogP contribution in [0.5, 0.6) is 0 Å². The van der Waals surface area contributed by atoms with Crippen LogP contribution in [0.15, 0.2) is 12.3 Å². The lowest BCUT2D eigenvalue weighted by Crippen LogP contribution is -1.98. The van der Waals surface area contributed by atoms with Crippen molar-refractivity contribution in [3.63, 3.8) is 0 Å². The lowest BCUT2D eigenvalue weighted by Gasteiger charge is -2.01. The molecule has 2 nitrogen and oxygen atoms in total. The van der Waals surface area contributed by atoms with Crippen molar-refractivity contribution in [3.05, 3.63) is 12.3 Å².